The highest BCUT2D eigenvalue weighted by Crippen LogP contribution is 2.30. The van der Waals surface area contributed by atoms with Gasteiger partial charge in [0, 0.05) is 30.3 Å². The first-order chi connectivity index (χ1) is 12.6. The molecule has 2 aromatic carbocycles. The van der Waals surface area contributed by atoms with Crippen LogP contribution in [0.1, 0.15) is 52.7 Å². The van der Waals surface area contributed by atoms with Gasteiger partial charge in [-0.2, -0.15) is 0 Å². The molecule has 2 heteroatoms. The van der Waals surface area contributed by atoms with Gasteiger partial charge < -0.3 is 9.55 Å². The number of hydrogen-bond donors (Lipinski definition) is 1. The lowest BCUT2D eigenvalue weighted by atomic mass is 9.85. The largest absolute Gasteiger partial charge is 0.361 e. The summed E-state index contributed by atoms with van der Waals surface area (Å²) >= 11 is 0. The molecule has 0 fully saturated rings. The van der Waals surface area contributed by atoms with Crippen molar-refractivity contribution in [3.63, 3.8) is 0 Å². The highest BCUT2D eigenvalue weighted by molar-refractivity contribution is 5.84. The average molecular weight is 361 g/mol. The molecular weight excluding hydrogens is 328 g/mol. The van der Waals surface area contributed by atoms with Crippen molar-refractivity contribution in [1.29, 1.82) is 0 Å². The van der Waals surface area contributed by atoms with Gasteiger partial charge >= 0.3 is 0 Å². The summed E-state index contributed by atoms with van der Waals surface area (Å²) in [5.41, 5.74) is 5.86. The molecule has 0 aliphatic heterocycles. The molecule has 1 N–H and O–H groups in total. The first-order valence-corrected chi connectivity index (χ1v) is 9.70. The number of hydrogen-bond acceptors (Lipinski definition) is 0. The molecule has 0 spiro atoms. The first-order valence-electron chi connectivity index (χ1n) is 9.70. The minimum Gasteiger partial charge on any atom is -0.361 e. The molecule has 0 bridgehead atoms. The predicted octanol–water partition coefficient (Wildman–Crippen LogP) is 6.94. The standard InChI is InChI=1S/C13H17N.C12H15N/c1-13(2,3)11-7-5-6-10-8-9-14(4)12(10)11;1-12(2,3)10-5-4-6-11-9(10)7-8-13-11/h5-9H,1-4H3;4-8,13H,1-3H3. The Hall–Kier alpha value is -2.48. The Balaban J connectivity index is 0.000000156. The lowest BCUT2D eigenvalue weighted by molar-refractivity contribution is 0.592. The van der Waals surface area contributed by atoms with Crippen molar-refractivity contribution < 1.29 is 0 Å². The number of benzene rings is 2. The molecule has 27 heavy (non-hydrogen) atoms. The molecule has 4 aromatic rings. The SMILES string of the molecule is CC(C)(C)c1cccc2[nH]ccc12.Cn1ccc2cccc(C(C)(C)C)c21. The maximum absolute atomic E-state index is 3.23. The van der Waals surface area contributed by atoms with Crippen LogP contribution in [0.5, 0.6) is 0 Å². The Kier molecular flexibility index (Phi) is 4.94. The maximum Gasteiger partial charge on any atom is 0.0515 e. The zero-order valence-electron chi connectivity index (χ0n) is 17.7. The van der Waals surface area contributed by atoms with E-state index < -0.39 is 0 Å². The molecular formula is C25H32N2. The monoisotopic (exact) mass is 360 g/mol. The van der Waals surface area contributed by atoms with Gasteiger partial charge in [0.25, 0.3) is 0 Å². The fourth-order valence-corrected chi connectivity index (χ4v) is 3.70. The second-order valence-corrected chi connectivity index (χ2v) is 9.41. The Bertz CT molecular complexity index is 1050. The molecule has 0 radical (unpaired) electrons. The van der Waals surface area contributed by atoms with Crippen LogP contribution in [-0.2, 0) is 17.9 Å². The summed E-state index contributed by atoms with van der Waals surface area (Å²) in [5.74, 6) is 0. The van der Waals surface area contributed by atoms with Crippen molar-refractivity contribution in [3.05, 3.63) is 72.1 Å². The van der Waals surface area contributed by atoms with Gasteiger partial charge in [0.2, 0.25) is 0 Å². The minimum absolute atomic E-state index is 0.214. The topological polar surface area (TPSA) is 20.7 Å². The molecule has 142 valence electrons. The summed E-state index contributed by atoms with van der Waals surface area (Å²) in [4.78, 5) is 3.23. The predicted molar refractivity (Wildman–Crippen MR) is 119 cm³/mol. The van der Waals surface area contributed by atoms with Crippen molar-refractivity contribution in [2.45, 2.75) is 52.4 Å². The van der Waals surface area contributed by atoms with Gasteiger partial charge in [-0.25, -0.2) is 0 Å². The number of nitrogens with one attached hydrogen (secondary N) is 1. The quantitative estimate of drug-likeness (QED) is 0.350. The summed E-state index contributed by atoms with van der Waals surface area (Å²) < 4.78 is 2.20. The number of aromatic amines is 1. The Morgan fingerprint density at radius 2 is 1.37 bits per heavy atom. The van der Waals surface area contributed by atoms with Crippen molar-refractivity contribution >= 4 is 21.8 Å². The third-order valence-corrected chi connectivity index (χ3v) is 5.11. The molecule has 0 saturated carbocycles. The summed E-state index contributed by atoms with van der Waals surface area (Å²) in [6.07, 6.45) is 4.12. The van der Waals surface area contributed by atoms with Gasteiger partial charge in [0.05, 0.1) is 5.52 Å². The third kappa shape index (κ3) is 3.95. The second-order valence-electron chi connectivity index (χ2n) is 9.41. The normalized spacial score (nSPS) is 12.3. The van der Waals surface area contributed by atoms with Crippen LogP contribution in [-0.4, -0.2) is 9.55 Å². The number of aryl methyl sites for hydroxylation is 1. The van der Waals surface area contributed by atoms with E-state index in [4.69, 9.17) is 0 Å². The van der Waals surface area contributed by atoms with E-state index in [1.807, 2.05) is 6.20 Å². The molecule has 2 aromatic heterocycles. The van der Waals surface area contributed by atoms with Gasteiger partial charge in [-0.3, -0.25) is 0 Å². The molecule has 0 atom stereocenters. The molecule has 0 saturated heterocycles. The zero-order chi connectivity index (χ0) is 19.8. The second kappa shape index (κ2) is 6.92. The maximum atomic E-state index is 3.23. The molecule has 0 aliphatic carbocycles. The average Bonchev–Trinajstić information content (AvgIpc) is 3.20. The fraction of sp³-hybridized carbons (Fsp3) is 0.360. The van der Waals surface area contributed by atoms with E-state index in [0.717, 1.165) is 0 Å². The van der Waals surface area contributed by atoms with E-state index >= 15 is 0 Å². The summed E-state index contributed by atoms with van der Waals surface area (Å²) in [6.45, 7) is 13.5. The zero-order valence-corrected chi connectivity index (χ0v) is 17.7. The van der Waals surface area contributed by atoms with E-state index in [1.54, 1.807) is 0 Å². The van der Waals surface area contributed by atoms with E-state index in [2.05, 4.69) is 113 Å². The molecule has 4 rings (SSSR count). The van der Waals surface area contributed by atoms with Crippen LogP contribution in [0.2, 0.25) is 0 Å². The van der Waals surface area contributed by atoms with E-state index in [0.29, 0.717) is 0 Å². The van der Waals surface area contributed by atoms with Crippen molar-refractivity contribution in [2.24, 2.45) is 7.05 Å². The van der Waals surface area contributed by atoms with Crippen LogP contribution in [0.4, 0.5) is 0 Å². The number of nitrogens with zero attached hydrogens (tertiary/aromatic N) is 1. The molecule has 2 nitrogen and oxygen atoms in total. The van der Waals surface area contributed by atoms with Crippen LogP contribution in [0.3, 0.4) is 0 Å². The van der Waals surface area contributed by atoms with Gasteiger partial charge in [-0.15, -0.1) is 0 Å². The van der Waals surface area contributed by atoms with Gasteiger partial charge in [-0.1, -0.05) is 71.9 Å². The summed E-state index contributed by atoms with van der Waals surface area (Å²) in [6, 6.07) is 17.3. The van der Waals surface area contributed by atoms with Crippen LogP contribution < -0.4 is 0 Å². The van der Waals surface area contributed by atoms with E-state index in [9.17, 15) is 0 Å². The molecule has 0 amide bonds. The number of fused-ring (bicyclic) bond motifs is 2. The van der Waals surface area contributed by atoms with Crippen LogP contribution >= 0.6 is 0 Å². The number of H-pyrrole nitrogens is 1. The Morgan fingerprint density at radius 3 is 2.04 bits per heavy atom. The minimum atomic E-state index is 0.214. The van der Waals surface area contributed by atoms with Crippen LogP contribution in [0, 0.1) is 0 Å². The first kappa shape index (κ1) is 19.3. The van der Waals surface area contributed by atoms with Gasteiger partial charge in [0.1, 0.15) is 0 Å². The van der Waals surface area contributed by atoms with E-state index in [1.165, 1.54) is 32.9 Å². The summed E-state index contributed by atoms with van der Waals surface area (Å²) in [7, 11) is 2.11. The van der Waals surface area contributed by atoms with Crippen LogP contribution in [0.15, 0.2) is 60.9 Å². The van der Waals surface area contributed by atoms with E-state index in [-0.39, 0.29) is 10.8 Å². The smallest absolute Gasteiger partial charge is 0.0515 e. The number of rotatable bonds is 0. The Morgan fingerprint density at radius 1 is 0.741 bits per heavy atom. The molecule has 0 aliphatic rings. The van der Waals surface area contributed by atoms with Gasteiger partial charge in [-0.05, 0) is 45.5 Å². The number of aromatic nitrogens is 2. The van der Waals surface area contributed by atoms with Crippen molar-refractivity contribution in [1.82, 2.24) is 9.55 Å². The van der Waals surface area contributed by atoms with Crippen molar-refractivity contribution in [2.75, 3.05) is 0 Å². The van der Waals surface area contributed by atoms with Crippen LogP contribution in [0.25, 0.3) is 21.8 Å². The molecule has 0 unspecified atom stereocenters. The lowest BCUT2D eigenvalue weighted by Crippen LogP contribution is -2.12. The highest BCUT2D eigenvalue weighted by atomic mass is 14.9. The van der Waals surface area contributed by atoms with Crippen molar-refractivity contribution in [3.8, 4) is 0 Å². The number of para-hydroxylation sites is 1. The Labute approximate surface area is 163 Å². The summed E-state index contributed by atoms with van der Waals surface area (Å²) in [5, 5.41) is 2.68. The fourth-order valence-electron chi connectivity index (χ4n) is 3.70. The highest BCUT2D eigenvalue weighted by Gasteiger charge is 2.18. The third-order valence-electron chi connectivity index (χ3n) is 5.11. The molecule has 2 heterocycles. The van der Waals surface area contributed by atoms with Gasteiger partial charge in [0.15, 0.2) is 0 Å². The lowest BCUT2D eigenvalue weighted by Gasteiger charge is -2.20.